The number of Topliss-reactive ketones (excluding diaryl/α,β-unsaturated/α-hetero) is 1. The molecule has 1 fully saturated rings. The first kappa shape index (κ1) is 13.0. The van der Waals surface area contributed by atoms with Crippen molar-refractivity contribution in [2.45, 2.75) is 18.9 Å². The lowest BCUT2D eigenvalue weighted by Gasteiger charge is -2.10. The van der Waals surface area contributed by atoms with Gasteiger partial charge in [-0.25, -0.2) is 0 Å². The van der Waals surface area contributed by atoms with Gasteiger partial charge in [0, 0.05) is 5.56 Å². The topological polar surface area (TPSA) is 35.5 Å². The van der Waals surface area contributed by atoms with E-state index >= 15 is 0 Å². The van der Waals surface area contributed by atoms with Crippen LogP contribution in [0.25, 0.3) is 0 Å². The van der Waals surface area contributed by atoms with Crippen LogP contribution >= 0.6 is 0 Å². The molecule has 3 nitrogen and oxygen atoms in total. The Balaban J connectivity index is 2.10. The number of carbonyl (C=O) groups is 1. The Labute approximate surface area is 102 Å². The molecule has 1 aliphatic heterocycles. The quantitative estimate of drug-likeness (QED) is 0.784. The van der Waals surface area contributed by atoms with Crippen LogP contribution in [0, 0.1) is 0 Å². The first-order valence-electron chi connectivity index (χ1n) is 5.40. The largest absolute Gasteiger partial charge is 0.416 e. The van der Waals surface area contributed by atoms with Crippen LogP contribution in [0.5, 0.6) is 0 Å². The molecule has 0 atom stereocenters. The zero-order chi connectivity index (χ0) is 13.2. The molecular formula is C12H11F3O3. The Bertz CT molecular complexity index is 436. The van der Waals surface area contributed by atoms with Gasteiger partial charge in [0.1, 0.15) is 0 Å². The Morgan fingerprint density at radius 2 is 1.94 bits per heavy atom. The van der Waals surface area contributed by atoms with Crippen molar-refractivity contribution in [1.82, 2.24) is 0 Å². The smallest absolute Gasteiger partial charge is 0.350 e. The summed E-state index contributed by atoms with van der Waals surface area (Å²) in [6, 6.07) is 4.34. The highest BCUT2D eigenvalue weighted by Gasteiger charge is 2.31. The van der Waals surface area contributed by atoms with E-state index in [0.717, 1.165) is 12.1 Å². The van der Waals surface area contributed by atoms with Crippen molar-refractivity contribution in [1.29, 1.82) is 0 Å². The van der Waals surface area contributed by atoms with Crippen molar-refractivity contribution in [2.24, 2.45) is 0 Å². The second-order valence-electron chi connectivity index (χ2n) is 3.88. The third-order valence-electron chi connectivity index (χ3n) is 2.55. The number of carbonyl (C=O) groups excluding carboxylic acids is 1. The molecule has 0 aromatic heterocycles. The molecule has 18 heavy (non-hydrogen) atoms. The fraction of sp³-hybridized carbons (Fsp3) is 0.417. The second kappa shape index (κ2) is 5.07. The van der Waals surface area contributed by atoms with Gasteiger partial charge in [0.2, 0.25) is 0 Å². The molecule has 6 heteroatoms. The van der Waals surface area contributed by atoms with E-state index in [9.17, 15) is 18.0 Å². The minimum absolute atomic E-state index is 0.0175. The molecule has 1 saturated heterocycles. The van der Waals surface area contributed by atoms with Crippen LogP contribution in [0.1, 0.15) is 22.3 Å². The van der Waals surface area contributed by atoms with Crippen molar-refractivity contribution in [3.05, 3.63) is 35.4 Å². The summed E-state index contributed by atoms with van der Waals surface area (Å²) in [5.41, 5.74) is -0.814. The number of halogens is 3. The van der Waals surface area contributed by atoms with Gasteiger partial charge in [-0.3, -0.25) is 4.79 Å². The van der Waals surface area contributed by atoms with E-state index in [0.29, 0.717) is 13.2 Å². The maximum atomic E-state index is 12.5. The van der Waals surface area contributed by atoms with Gasteiger partial charge in [0.25, 0.3) is 0 Å². The molecule has 0 saturated carbocycles. The molecule has 0 radical (unpaired) electrons. The van der Waals surface area contributed by atoms with Crippen LogP contribution < -0.4 is 0 Å². The Hall–Kier alpha value is -1.40. The SMILES string of the molecule is O=C(CC1OCCO1)c1cccc(C(F)(F)F)c1. The van der Waals surface area contributed by atoms with Crippen molar-refractivity contribution in [3.63, 3.8) is 0 Å². The summed E-state index contributed by atoms with van der Waals surface area (Å²) in [5.74, 6) is -0.423. The van der Waals surface area contributed by atoms with Crippen LogP contribution in [0.3, 0.4) is 0 Å². The molecule has 0 spiro atoms. The summed E-state index contributed by atoms with van der Waals surface area (Å²) >= 11 is 0. The average molecular weight is 260 g/mol. The first-order valence-corrected chi connectivity index (χ1v) is 5.40. The zero-order valence-electron chi connectivity index (χ0n) is 9.37. The molecule has 0 N–H and O–H groups in total. The first-order chi connectivity index (χ1) is 8.47. The fourth-order valence-corrected chi connectivity index (χ4v) is 1.66. The maximum absolute atomic E-state index is 12.5. The van der Waals surface area contributed by atoms with E-state index in [-0.39, 0.29) is 12.0 Å². The van der Waals surface area contributed by atoms with Crippen molar-refractivity contribution in [3.8, 4) is 0 Å². The lowest BCUT2D eigenvalue weighted by atomic mass is 10.0. The second-order valence-corrected chi connectivity index (χ2v) is 3.88. The van der Waals surface area contributed by atoms with Gasteiger partial charge in [-0.1, -0.05) is 12.1 Å². The van der Waals surface area contributed by atoms with Crippen LogP contribution in [-0.4, -0.2) is 25.3 Å². The minimum Gasteiger partial charge on any atom is -0.350 e. The lowest BCUT2D eigenvalue weighted by Crippen LogP contribution is -2.15. The van der Waals surface area contributed by atoms with Crippen LogP contribution in [0.15, 0.2) is 24.3 Å². The van der Waals surface area contributed by atoms with Crippen molar-refractivity contribution < 1.29 is 27.4 Å². The van der Waals surface area contributed by atoms with E-state index in [1.807, 2.05) is 0 Å². The van der Waals surface area contributed by atoms with E-state index in [1.54, 1.807) is 0 Å². The van der Waals surface area contributed by atoms with Gasteiger partial charge in [-0.15, -0.1) is 0 Å². The predicted octanol–water partition coefficient (Wildman–Crippen LogP) is 2.65. The van der Waals surface area contributed by atoms with Gasteiger partial charge < -0.3 is 9.47 Å². The number of rotatable bonds is 3. The predicted molar refractivity (Wildman–Crippen MR) is 56.1 cm³/mol. The Kier molecular flexibility index (Phi) is 3.68. The Morgan fingerprint density at radius 1 is 1.28 bits per heavy atom. The lowest BCUT2D eigenvalue weighted by molar-refractivity contribution is -0.137. The summed E-state index contributed by atoms with van der Waals surface area (Å²) < 4.78 is 47.6. The molecule has 1 aromatic carbocycles. The Morgan fingerprint density at radius 3 is 2.56 bits per heavy atom. The van der Waals surface area contributed by atoms with Crippen molar-refractivity contribution in [2.75, 3.05) is 13.2 Å². The molecule has 1 heterocycles. The van der Waals surface area contributed by atoms with Gasteiger partial charge in [0.15, 0.2) is 12.1 Å². The number of ether oxygens (including phenoxy) is 2. The molecule has 1 aromatic rings. The van der Waals surface area contributed by atoms with E-state index in [2.05, 4.69) is 0 Å². The van der Waals surface area contributed by atoms with Gasteiger partial charge in [0.05, 0.1) is 25.2 Å². The van der Waals surface area contributed by atoms with Crippen LogP contribution in [-0.2, 0) is 15.7 Å². The summed E-state index contributed by atoms with van der Waals surface area (Å²) in [6.07, 6.45) is -5.16. The van der Waals surface area contributed by atoms with E-state index in [4.69, 9.17) is 9.47 Å². The van der Waals surface area contributed by atoms with Crippen LogP contribution in [0.2, 0.25) is 0 Å². The molecule has 98 valence electrons. The van der Waals surface area contributed by atoms with Gasteiger partial charge >= 0.3 is 6.18 Å². The number of alkyl halides is 3. The monoisotopic (exact) mass is 260 g/mol. The van der Waals surface area contributed by atoms with E-state index in [1.165, 1.54) is 12.1 Å². The number of hydrogen-bond acceptors (Lipinski definition) is 3. The standard InChI is InChI=1S/C12H11F3O3/c13-12(14,15)9-3-1-2-8(6-9)10(16)7-11-17-4-5-18-11/h1-3,6,11H,4-5,7H2. The number of benzene rings is 1. The normalized spacial score (nSPS) is 17.1. The molecular weight excluding hydrogens is 249 g/mol. The summed E-state index contributed by atoms with van der Waals surface area (Å²) in [4.78, 5) is 11.8. The number of ketones is 1. The van der Waals surface area contributed by atoms with Crippen molar-refractivity contribution >= 4 is 5.78 Å². The summed E-state index contributed by atoms with van der Waals surface area (Å²) in [6.45, 7) is 0.807. The summed E-state index contributed by atoms with van der Waals surface area (Å²) in [7, 11) is 0. The highest BCUT2D eigenvalue weighted by atomic mass is 19.4. The van der Waals surface area contributed by atoms with E-state index < -0.39 is 23.8 Å². The fourth-order valence-electron chi connectivity index (χ4n) is 1.66. The highest BCUT2D eigenvalue weighted by molar-refractivity contribution is 5.96. The number of hydrogen-bond donors (Lipinski definition) is 0. The zero-order valence-corrected chi connectivity index (χ0v) is 9.37. The molecule has 0 aliphatic carbocycles. The highest BCUT2D eigenvalue weighted by Crippen LogP contribution is 2.29. The summed E-state index contributed by atoms with van der Waals surface area (Å²) in [5, 5.41) is 0. The van der Waals surface area contributed by atoms with Crippen LogP contribution in [0.4, 0.5) is 13.2 Å². The molecule has 0 amide bonds. The third-order valence-corrected chi connectivity index (χ3v) is 2.55. The average Bonchev–Trinajstić information content (AvgIpc) is 2.81. The van der Waals surface area contributed by atoms with Gasteiger partial charge in [-0.05, 0) is 12.1 Å². The molecule has 2 rings (SSSR count). The minimum atomic E-state index is -4.45. The third kappa shape index (κ3) is 3.08. The molecule has 0 unspecified atom stereocenters. The maximum Gasteiger partial charge on any atom is 0.416 e. The van der Waals surface area contributed by atoms with Gasteiger partial charge in [-0.2, -0.15) is 13.2 Å². The molecule has 1 aliphatic rings. The molecule has 0 bridgehead atoms.